The first kappa shape index (κ1) is 29.4. The van der Waals surface area contributed by atoms with Gasteiger partial charge in [0.15, 0.2) is 0 Å². The zero-order valence-corrected chi connectivity index (χ0v) is 22.6. The molecule has 0 fully saturated rings. The van der Waals surface area contributed by atoms with Crippen LogP contribution in [0.3, 0.4) is 0 Å². The normalized spacial score (nSPS) is 15.9. The Kier molecular flexibility index (Phi) is 20.3. The molecule has 190 valence electrons. The van der Waals surface area contributed by atoms with Gasteiger partial charge in [-0.3, -0.25) is 0 Å². The van der Waals surface area contributed by atoms with E-state index in [1.54, 1.807) is 0 Å². The Hall–Kier alpha value is -0.660. The van der Waals surface area contributed by atoms with Crippen molar-refractivity contribution in [3.63, 3.8) is 0 Å². The lowest BCUT2D eigenvalue weighted by molar-refractivity contribution is 0.138. The van der Waals surface area contributed by atoms with Crippen LogP contribution in [0.1, 0.15) is 162 Å². The summed E-state index contributed by atoms with van der Waals surface area (Å²) in [5, 5.41) is 0. The molecule has 1 aliphatic rings. The Morgan fingerprint density at radius 2 is 0.719 bits per heavy atom. The molecule has 1 aliphatic heterocycles. The molecule has 1 atom stereocenters. The molecule has 2 heteroatoms. The van der Waals surface area contributed by atoms with E-state index < -0.39 is 0 Å². The first-order valence-electron chi connectivity index (χ1n) is 15.0. The first-order chi connectivity index (χ1) is 15.8. The monoisotopic (exact) mass is 448 g/mol. The molecule has 32 heavy (non-hydrogen) atoms. The van der Waals surface area contributed by atoms with E-state index >= 15 is 0 Å². The number of rotatable bonds is 24. The number of unbranched alkanes of at least 4 members (excludes halogenated alkanes) is 18. The van der Waals surface area contributed by atoms with Gasteiger partial charge in [-0.15, -0.1) is 0 Å². The highest BCUT2D eigenvalue weighted by Crippen LogP contribution is 2.22. The Morgan fingerprint density at radius 1 is 0.406 bits per heavy atom. The van der Waals surface area contributed by atoms with E-state index in [-0.39, 0.29) is 0 Å². The minimum absolute atomic E-state index is 0.636. The maximum Gasteiger partial charge on any atom is 0.101 e. The second kappa shape index (κ2) is 22.1. The van der Waals surface area contributed by atoms with Crippen molar-refractivity contribution >= 4 is 0 Å². The zero-order chi connectivity index (χ0) is 23.1. The molecule has 0 amide bonds. The minimum atomic E-state index is 0.636. The molecule has 0 saturated heterocycles. The fourth-order valence-corrected chi connectivity index (χ4v) is 5.16. The standard InChI is InChI=1S/C30H60N2/c1-4-7-9-11-13-15-16-18-20-22-24-27-32-29-28-31(30(32)25-6-3)26-23-21-19-17-14-12-10-8-5-2/h28-30H,4-27H2,1-3H3. The van der Waals surface area contributed by atoms with Crippen LogP contribution in [0.4, 0.5) is 0 Å². The molecule has 1 unspecified atom stereocenters. The Morgan fingerprint density at radius 3 is 1.03 bits per heavy atom. The molecule has 0 bridgehead atoms. The predicted octanol–water partition coefficient (Wildman–Crippen LogP) is 10.0. The molecule has 0 aromatic heterocycles. The Balaban J connectivity index is 2.03. The summed E-state index contributed by atoms with van der Waals surface area (Å²) in [5.41, 5.74) is 0. The molecule has 2 nitrogen and oxygen atoms in total. The summed E-state index contributed by atoms with van der Waals surface area (Å²) in [6.45, 7) is 9.46. The average molecular weight is 449 g/mol. The van der Waals surface area contributed by atoms with Crippen LogP contribution in [0, 0.1) is 0 Å². The second-order valence-corrected chi connectivity index (χ2v) is 10.4. The van der Waals surface area contributed by atoms with Gasteiger partial charge in [0.05, 0.1) is 0 Å². The van der Waals surface area contributed by atoms with Crippen LogP contribution < -0.4 is 0 Å². The van der Waals surface area contributed by atoms with E-state index in [1.165, 1.54) is 154 Å². The lowest BCUT2D eigenvalue weighted by Gasteiger charge is -2.33. The minimum Gasteiger partial charge on any atom is -0.356 e. The van der Waals surface area contributed by atoms with Crippen molar-refractivity contribution in [3.8, 4) is 0 Å². The van der Waals surface area contributed by atoms with E-state index in [9.17, 15) is 0 Å². The summed E-state index contributed by atoms with van der Waals surface area (Å²) < 4.78 is 0. The van der Waals surface area contributed by atoms with Crippen LogP contribution in [0.25, 0.3) is 0 Å². The van der Waals surface area contributed by atoms with Crippen LogP contribution in [0.2, 0.25) is 0 Å². The molecule has 0 aliphatic carbocycles. The third-order valence-electron chi connectivity index (χ3n) is 7.30. The lowest BCUT2D eigenvalue weighted by atomic mass is 10.1. The molecular weight excluding hydrogens is 388 g/mol. The van der Waals surface area contributed by atoms with E-state index in [2.05, 4.69) is 43.0 Å². The van der Waals surface area contributed by atoms with Crippen LogP contribution in [-0.2, 0) is 0 Å². The molecule has 1 heterocycles. The van der Waals surface area contributed by atoms with Crippen LogP contribution in [0.5, 0.6) is 0 Å². The maximum absolute atomic E-state index is 2.64. The van der Waals surface area contributed by atoms with E-state index in [0.717, 1.165) is 0 Å². The Bertz CT molecular complexity index is 406. The van der Waals surface area contributed by atoms with Gasteiger partial charge in [0.25, 0.3) is 0 Å². The number of hydrogen-bond acceptors (Lipinski definition) is 2. The molecule has 0 N–H and O–H groups in total. The van der Waals surface area contributed by atoms with Gasteiger partial charge in [-0.2, -0.15) is 0 Å². The first-order valence-corrected chi connectivity index (χ1v) is 15.0. The summed E-state index contributed by atoms with van der Waals surface area (Å²) in [4.78, 5) is 5.29. The summed E-state index contributed by atoms with van der Waals surface area (Å²) in [7, 11) is 0. The van der Waals surface area contributed by atoms with Crippen molar-refractivity contribution in [2.24, 2.45) is 0 Å². The third kappa shape index (κ3) is 15.2. The van der Waals surface area contributed by atoms with Crippen molar-refractivity contribution < 1.29 is 0 Å². The average Bonchev–Trinajstić information content (AvgIpc) is 3.18. The number of nitrogens with zero attached hydrogens (tertiary/aromatic N) is 2. The lowest BCUT2D eigenvalue weighted by Crippen LogP contribution is -2.39. The molecule has 0 radical (unpaired) electrons. The SMILES string of the molecule is CCCCCCCCCCCCCN1C=CN(CCCCCCCCCCC)C1CCC. The maximum atomic E-state index is 2.64. The largest absolute Gasteiger partial charge is 0.356 e. The van der Waals surface area contributed by atoms with Gasteiger partial charge in [0, 0.05) is 25.5 Å². The highest BCUT2D eigenvalue weighted by Gasteiger charge is 2.24. The molecule has 0 spiro atoms. The van der Waals surface area contributed by atoms with Gasteiger partial charge < -0.3 is 9.80 Å². The summed E-state index contributed by atoms with van der Waals surface area (Å²) in [6, 6.07) is 0. The summed E-state index contributed by atoms with van der Waals surface area (Å²) in [5.74, 6) is 0. The number of hydrogen-bond donors (Lipinski definition) is 0. The van der Waals surface area contributed by atoms with Gasteiger partial charge >= 0.3 is 0 Å². The van der Waals surface area contributed by atoms with Gasteiger partial charge in [0.2, 0.25) is 0 Å². The predicted molar refractivity (Wildman–Crippen MR) is 145 cm³/mol. The van der Waals surface area contributed by atoms with Gasteiger partial charge in [-0.05, 0) is 19.3 Å². The van der Waals surface area contributed by atoms with Crippen molar-refractivity contribution in [3.05, 3.63) is 12.4 Å². The Labute approximate surface area is 203 Å². The van der Waals surface area contributed by atoms with E-state index in [0.29, 0.717) is 6.17 Å². The quantitative estimate of drug-likeness (QED) is 0.135. The molecule has 1 rings (SSSR count). The topological polar surface area (TPSA) is 6.48 Å². The molecule has 0 saturated carbocycles. The van der Waals surface area contributed by atoms with Crippen LogP contribution in [0.15, 0.2) is 12.4 Å². The van der Waals surface area contributed by atoms with Gasteiger partial charge in [0.1, 0.15) is 6.17 Å². The van der Waals surface area contributed by atoms with Crippen molar-refractivity contribution in [1.82, 2.24) is 9.80 Å². The van der Waals surface area contributed by atoms with Crippen molar-refractivity contribution in [2.45, 2.75) is 168 Å². The molecule has 0 aromatic carbocycles. The molecule has 0 aromatic rings. The van der Waals surface area contributed by atoms with Crippen molar-refractivity contribution in [2.75, 3.05) is 13.1 Å². The third-order valence-corrected chi connectivity index (χ3v) is 7.30. The highest BCUT2D eigenvalue weighted by atomic mass is 15.4. The van der Waals surface area contributed by atoms with Crippen molar-refractivity contribution in [1.29, 1.82) is 0 Å². The highest BCUT2D eigenvalue weighted by molar-refractivity contribution is 4.96. The van der Waals surface area contributed by atoms with E-state index in [4.69, 9.17) is 0 Å². The summed E-state index contributed by atoms with van der Waals surface area (Å²) >= 11 is 0. The van der Waals surface area contributed by atoms with Gasteiger partial charge in [-0.25, -0.2) is 0 Å². The smallest absolute Gasteiger partial charge is 0.101 e. The van der Waals surface area contributed by atoms with Gasteiger partial charge in [-0.1, -0.05) is 143 Å². The zero-order valence-electron chi connectivity index (χ0n) is 22.6. The van der Waals surface area contributed by atoms with Crippen LogP contribution >= 0.6 is 0 Å². The fourth-order valence-electron chi connectivity index (χ4n) is 5.16. The van der Waals surface area contributed by atoms with Crippen LogP contribution in [-0.4, -0.2) is 29.1 Å². The molecular formula is C30H60N2. The summed E-state index contributed by atoms with van der Waals surface area (Å²) in [6.07, 6.45) is 36.6. The van der Waals surface area contributed by atoms with E-state index in [1.807, 2.05) is 0 Å². The fraction of sp³-hybridized carbons (Fsp3) is 0.933. The second-order valence-electron chi connectivity index (χ2n) is 10.4.